The van der Waals surface area contributed by atoms with Crippen LogP contribution in [0.15, 0.2) is 58.9 Å². The van der Waals surface area contributed by atoms with E-state index in [0.717, 1.165) is 0 Å². The molecule has 0 amide bonds. The van der Waals surface area contributed by atoms with Crippen molar-refractivity contribution in [2.45, 2.75) is 0 Å². The molecule has 0 fully saturated rings. The number of nitrogens with zero attached hydrogens (tertiary/aromatic N) is 3. The third-order valence-electron chi connectivity index (χ3n) is 2.78. The fourth-order valence-corrected chi connectivity index (χ4v) is 2.11. The Labute approximate surface area is 167 Å². The van der Waals surface area contributed by atoms with E-state index in [2.05, 4.69) is 14.5 Å². The molecule has 0 saturated heterocycles. The summed E-state index contributed by atoms with van der Waals surface area (Å²) < 4.78 is 35.7. The van der Waals surface area contributed by atoms with Crippen LogP contribution >= 0.6 is 0 Å². The molecule has 2 aromatic carbocycles. The Morgan fingerprint density at radius 1 is 1.00 bits per heavy atom. The number of benzene rings is 2. The summed E-state index contributed by atoms with van der Waals surface area (Å²) in [5.41, 5.74) is 1.36. The first-order chi connectivity index (χ1) is 11.2. The van der Waals surface area contributed by atoms with Crippen molar-refractivity contribution in [3.05, 3.63) is 59.7 Å². The third kappa shape index (κ3) is 6.92. The number of rotatable bonds is 6. The second-order valence-electron chi connectivity index (χ2n) is 4.93. The molecule has 25 heavy (non-hydrogen) atoms. The van der Waals surface area contributed by atoms with E-state index in [1.807, 2.05) is 0 Å². The van der Waals surface area contributed by atoms with Crippen molar-refractivity contribution < 1.29 is 51.5 Å². The number of hydrogen-bond acceptors (Lipinski definition) is 7. The zero-order valence-electron chi connectivity index (χ0n) is 13.9. The first-order valence-electron chi connectivity index (χ1n) is 6.74. The quantitative estimate of drug-likeness (QED) is 0.166. The Kier molecular flexibility index (Phi) is 7.71. The molecule has 0 heterocycles. The van der Waals surface area contributed by atoms with Crippen LogP contribution in [0.1, 0.15) is 15.9 Å². The van der Waals surface area contributed by atoms with Crippen molar-refractivity contribution in [1.29, 1.82) is 0 Å². The summed E-state index contributed by atoms with van der Waals surface area (Å²) in [6.45, 7) is 0. The molecular weight excluding hydrogens is 357 g/mol. The third-order valence-corrected chi connectivity index (χ3v) is 3.18. The van der Waals surface area contributed by atoms with Crippen LogP contribution in [0.25, 0.3) is 0 Å². The van der Waals surface area contributed by atoms with E-state index < -0.39 is 10.4 Å². The van der Waals surface area contributed by atoms with Gasteiger partial charge in [-0.15, -0.1) is 5.11 Å². The predicted molar refractivity (Wildman–Crippen MR) is 84.8 cm³/mol. The van der Waals surface area contributed by atoms with Crippen molar-refractivity contribution in [2.75, 3.05) is 14.1 Å². The Morgan fingerprint density at radius 2 is 1.48 bits per heavy atom. The van der Waals surface area contributed by atoms with Gasteiger partial charge in [0.2, 0.25) is 0 Å². The zero-order chi connectivity index (χ0) is 17.7. The maximum atomic E-state index is 12.3. The number of hydrogen-bond donors (Lipinski definition) is 0. The molecule has 10 heteroatoms. The minimum atomic E-state index is -4.84. The van der Waals surface area contributed by atoms with Gasteiger partial charge in [0.05, 0.1) is 5.69 Å². The monoisotopic (exact) mass is 371 g/mol. The smallest absolute Gasteiger partial charge is 0.716 e. The van der Waals surface area contributed by atoms with Crippen LogP contribution < -0.4 is 33.7 Å². The summed E-state index contributed by atoms with van der Waals surface area (Å²) in [6, 6.07) is 11.8. The summed E-state index contributed by atoms with van der Waals surface area (Å²) in [5.74, 6) is -0.413. The van der Waals surface area contributed by atoms with E-state index in [1.54, 1.807) is 43.4 Å². The Morgan fingerprint density at radius 3 is 1.92 bits per heavy atom. The molecule has 0 N–H and O–H groups in total. The van der Waals surface area contributed by atoms with E-state index in [4.69, 9.17) is 0 Å². The molecule has 0 aliphatic heterocycles. The van der Waals surface area contributed by atoms with E-state index in [0.29, 0.717) is 16.8 Å². The van der Waals surface area contributed by atoms with E-state index in [-0.39, 0.29) is 41.1 Å². The molecular formula is C15H14N3NaO5S. The molecule has 0 aliphatic carbocycles. The average molecular weight is 371 g/mol. The van der Waals surface area contributed by atoms with Gasteiger partial charge in [-0.2, -0.15) is 0 Å². The second-order valence-corrected chi connectivity index (χ2v) is 5.91. The van der Waals surface area contributed by atoms with Gasteiger partial charge < -0.3 is 8.74 Å². The van der Waals surface area contributed by atoms with Crippen molar-refractivity contribution in [3.8, 4) is 5.75 Å². The van der Waals surface area contributed by atoms with E-state index in [1.165, 1.54) is 24.3 Å². The molecule has 2 rings (SSSR count). The second kappa shape index (κ2) is 9.07. The largest absolute Gasteiger partial charge is 1.00 e. The summed E-state index contributed by atoms with van der Waals surface area (Å²) in [7, 11) is -1.35. The molecule has 0 spiro atoms. The van der Waals surface area contributed by atoms with Gasteiger partial charge in [0.1, 0.15) is 5.75 Å². The molecule has 0 atom stereocenters. The minimum absolute atomic E-state index is 0. The predicted octanol–water partition coefficient (Wildman–Crippen LogP) is -0.679. The maximum Gasteiger partial charge on any atom is 1.00 e. The van der Waals surface area contributed by atoms with Crippen LogP contribution in [-0.4, -0.2) is 37.9 Å². The summed E-state index contributed by atoms with van der Waals surface area (Å²) >= 11 is 0. The van der Waals surface area contributed by atoms with Gasteiger partial charge in [0, 0.05) is 25.2 Å². The first kappa shape index (κ1) is 21.3. The molecule has 0 radical (unpaired) electrons. The molecule has 0 bridgehead atoms. The number of ketones is 1. The van der Waals surface area contributed by atoms with Crippen LogP contribution in [-0.2, 0) is 10.4 Å². The average Bonchev–Trinajstić information content (AvgIpc) is 2.52. The Balaban J connectivity index is 0.00000312. The molecule has 2 aromatic rings. The van der Waals surface area contributed by atoms with Crippen molar-refractivity contribution in [1.82, 2.24) is 5.01 Å². The van der Waals surface area contributed by atoms with Gasteiger partial charge in [-0.05, 0) is 48.5 Å². The van der Waals surface area contributed by atoms with Crippen LogP contribution in [0.2, 0.25) is 0 Å². The maximum absolute atomic E-state index is 12.3. The van der Waals surface area contributed by atoms with Gasteiger partial charge in [0.25, 0.3) is 10.4 Å². The number of carbonyl (C=O) groups is 1. The summed E-state index contributed by atoms with van der Waals surface area (Å²) in [6.07, 6.45) is 0. The Hall–Kier alpha value is -1.78. The molecule has 0 aliphatic rings. The summed E-state index contributed by atoms with van der Waals surface area (Å²) in [4.78, 5) is 12.3. The molecule has 8 nitrogen and oxygen atoms in total. The normalized spacial score (nSPS) is 11.0. The Bertz CT molecular complexity index is 850. The van der Waals surface area contributed by atoms with Crippen molar-refractivity contribution in [3.63, 3.8) is 0 Å². The van der Waals surface area contributed by atoms with Crippen molar-refractivity contribution >= 4 is 21.9 Å². The van der Waals surface area contributed by atoms with Crippen LogP contribution in [0.3, 0.4) is 0 Å². The SMILES string of the molecule is CN(C)N=Nc1ccc(C(=O)c2ccc(OS(=O)(=O)[O-])cc2)cc1.[Na+]. The van der Waals surface area contributed by atoms with Gasteiger partial charge in [-0.3, -0.25) is 9.80 Å². The van der Waals surface area contributed by atoms with Crippen LogP contribution in [0, 0.1) is 0 Å². The van der Waals surface area contributed by atoms with Gasteiger partial charge in [-0.1, -0.05) is 5.22 Å². The topological polar surface area (TPSA) is 111 Å². The minimum Gasteiger partial charge on any atom is -0.716 e. The molecule has 0 saturated carbocycles. The first-order valence-corrected chi connectivity index (χ1v) is 8.07. The molecule has 0 aromatic heterocycles. The fraction of sp³-hybridized carbons (Fsp3) is 0.133. The number of carbonyl (C=O) groups excluding carboxylic acids is 1. The van der Waals surface area contributed by atoms with E-state index in [9.17, 15) is 17.8 Å². The standard InChI is InChI=1S/C15H15N3O5S.Na/c1-18(2)17-16-13-7-3-11(4-8-13)15(19)12-5-9-14(10-6-12)23-24(20,21)22;/h3-10H,1-2H3,(H,20,21,22);/q;+1/p-1. The van der Waals surface area contributed by atoms with Gasteiger partial charge >= 0.3 is 29.6 Å². The molecule has 126 valence electrons. The molecule has 0 unspecified atom stereocenters. The van der Waals surface area contributed by atoms with Crippen molar-refractivity contribution in [2.24, 2.45) is 10.3 Å². The van der Waals surface area contributed by atoms with Gasteiger partial charge in [-0.25, -0.2) is 8.42 Å². The zero-order valence-corrected chi connectivity index (χ0v) is 16.7. The van der Waals surface area contributed by atoms with Gasteiger partial charge in [0.15, 0.2) is 5.78 Å². The fourth-order valence-electron chi connectivity index (χ4n) is 1.77. The summed E-state index contributed by atoms with van der Waals surface area (Å²) in [5, 5.41) is 9.36. The van der Waals surface area contributed by atoms with Crippen LogP contribution in [0.4, 0.5) is 5.69 Å². The van der Waals surface area contributed by atoms with Crippen LogP contribution in [0.5, 0.6) is 5.75 Å². The van der Waals surface area contributed by atoms with E-state index >= 15 is 0 Å².